The van der Waals surface area contributed by atoms with Crippen LogP contribution in [0.1, 0.15) is 34.7 Å². The Hall–Kier alpha value is -4.42. The van der Waals surface area contributed by atoms with Crippen LogP contribution in [0.5, 0.6) is 11.5 Å². The van der Waals surface area contributed by atoms with Gasteiger partial charge in [0.05, 0.1) is 31.7 Å². The molecule has 2 amide bonds. The molecule has 4 heterocycles. The Morgan fingerprint density at radius 3 is 2.00 bits per heavy atom. The fourth-order valence-corrected chi connectivity index (χ4v) is 5.10. The van der Waals surface area contributed by atoms with Crippen LogP contribution in [0, 0.1) is 0 Å². The molecule has 0 unspecified atom stereocenters. The van der Waals surface area contributed by atoms with Gasteiger partial charge >= 0.3 is 0 Å². The minimum absolute atomic E-state index is 0.165. The second-order valence-corrected chi connectivity index (χ2v) is 10.7. The van der Waals surface area contributed by atoms with Crippen molar-refractivity contribution in [2.75, 3.05) is 37.1 Å². The van der Waals surface area contributed by atoms with E-state index in [1.807, 2.05) is 54.6 Å². The molecule has 4 aromatic rings. The summed E-state index contributed by atoms with van der Waals surface area (Å²) in [5, 5.41) is 23.7. The first-order valence-electron chi connectivity index (χ1n) is 13.8. The van der Waals surface area contributed by atoms with Gasteiger partial charge in [-0.15, -0.1) is 15.3 Å². The first-order valence-corrected chi connectivity index (χ1v) is 14.7. The van der Waals surface area contributed by atoms with E-state index in [4.69, 9.17) is 14.2 Å². The third-order valence-electron chi connectivity index (χ3n) is 6.29. The normalized spacial score (nSPS) is 15.9. The maximum Gasteiger partial charge on any atom is 0.230 e. The van der Waals surface area contributed by atoms with Crippen LogP contribution in [-0.4, -0.2) is 58.6 Å². The molecule has 0 fully saturated rings. The van der Waals surface area contributed by atoms with Gasteiger partial charge in [0.2, 0.25) is 16.9 Å². The number of nitrogens with zero attached hydrogens (tertiary/aromatic N) is 4. The van der Waals surface area contributed by atoms with Gasteiger partial charge in [0, 0.05) is 6.42 Å². The summed E-state index contributed by atoms with van der Waals surface area (Å²) < 4.78 is 17.2. The molecule has 2 aliphatic heterocycles. The zero-order valence-corrected chi connectivity index (χ0v) is 23.9. The highest BCUT2D eigenvalue weighted by atomic mass is 32.1. The number of benzene rings is 2. The van der Waals surface area contributed by atoms with Crippen molar-refractivity contribution in [3.05, 3.63) is 82.5 Å². The maximum absolute atomic E-state index is 12.6. The van der Waals surface area contributed by atoms with Crippen LogP contribution in [-0.2, 0) is 40.0 Å². The lowest BCUT2D eigenvalue weighted by Gasteiger charge is -2.10. The lowest BCUT2D eigenvalue weighted by atomic mass is 10.1. The van der Waals surface area contributed by atoms with E-state index in [-0.39, 0.29) is 24.7 Å². The molecule has 11 nitrogen and oxygen atoms in total. The number of aromatic nitrogens is 4. The lowest BCUT2D eigenvalue weighted by molar-refractivity contribution is -0.116. The van der Waals surface area contributed by atoms with Gasteiger partial charge in [0.15, 0.2) is 5.82 Å². The molecular formula is C30H32N6O5S. The first kappa shape index (κ1) is 29.1. The van der Waals surface area contributed by atoms with Crippen molar-refractivity contribution in [3.8, 4) is 11.5 Å². The molecule has 0 spiro atoms. The predicted molar refractivity (Wildman–Crippen MR) is 158 cm³/mol. The summed E-state index contributed by atoms with van der Waals surface area (Å²) in [5.74, 6) is 1.39. The molecule has 0 radical (unpaired) electrons. The number of hydrogen-bond donors (Lipinski definition) is 2. The zero-order valence-electron chi connectivity index (χ0n) is 23.1. The maximum atomic E-state index is 12.6. The highest BCUT2D eigenvalue weighted by Crippen LogP contribution is 2.20. The molecule has 6 rings (SSSR count). The molecule has 8 bridgehead atoms. The van der Waals surface area contributed by atoms with E-state index in [0.717, 1.165) is 47.5 Å². The molecule has 12 heteroatoms. The van der Waals surface area contributed by atoms with E-state index in [9.17, 15) is 9.59 Å². The molecule has 2 N–H and O–H groups in total. The van der Waals surface area contributed by atoms with Crippen LogP contribution < -0.4 is 20.1 Å². The van der Waals surface area contributed by atoms with Gasteiger partial charge in [-0.25, -0.2) is 0 Å². The average molecular weight is 589 g/mol. The number of carbonyl (C=O) groups excluding carboxylic acids is 2. The molecule has 0 aliphatic carbocycles. The molecule has 2 aliphatic rings. The Kier molecular flexibility index (Phi) is 10.4. The van der Waals surface area contributed by atoms with E-state index >= 15 is 0 Å². The molecule has 42 heavy (non-hydrogen) atoms. The summed E-state index contributed by atoms with van der Waals surface area (Å²) in [6, 6.07) is 18.5. The number of anilines is 2. The molecule has 0 atom stereocenters. The number of amides is 2. The molecule has 0 saturated heterocycles. The fraction of sp³-hybridized carbons (Fsp3) is 0.333. The monoisotopic (exact) mass is 588 g/mol. The summed E-state index contributed by atoms with van der Waals surface area (Å²) in [5.41, 5.74) is 2.51. The van der Waals surface area contributed by atoms with Gasteiger partial charge in [0.1, 0.15) is 29.7 Å². The largest absolute Gasteiger partial charge is 0.491 e. The number of fused-ring (bicyclic) bond motifs is 15. The Morgan fingerprint density at radius 1 is 0.667 bits per heavy atom. The van der Waals surface area contributed by atoms with Gasteiger partial charge in [-0.2, -0.15) is 5.10 Å². The fourth-order valence-electron chi connectivity index (χ4n) is 4.30. The summed E-state index contributed by atoms with van der Waals surface area (Å²) in [6.07, 6.45) is 3.68. The highest BCUT2D eigenvalue weighted by Gasteiger charge is 2.11. The smallest absolute Gasteiger partial charge is 0.230 e. The number of carbonyl (C=O) groups is 2. The molecular weight excluding hydrogens is 556 g/mol. The lowest BCUT2D eigenvalue weighted by Crippen LogP contribution is -2.16. The predicted octanol–water partition coefficient (Wildman–Crippen LogP) is 4.04. The van der Waals surface area contributed by atoms with Crippen molar-refractivity contribution in [3.63, 3.8) is 0 Å². The van der Waals surface area contributed by atoms with Crippen LogP contribution in [0.2, 0.25) is 0 Å². The minimum Gasteiger partial charge on any atom is -0.491 e. The van der Waals surface area contributed by atoms with Crippen molar-refractivity contribution in [1.29, 1.82) is 0 Å². The van der Waals surface area contributed by atoms with Crippen molar-refractivity contribution >= 4 is 34.1 Å². The summed E-state index contributed by atoms with van der Waals surface area (Å²) in [6.45, 7) is 1.49. The first-order chi connectivity index (χ1) is 20.6. The van der Waals surface area contributed by atoms with Crippen molar-refractivity contribution in [2.24, 2.45) is 0 Å². The van der Waals surface area contributed by atoms with Crippen molar-refractivity contribution in [1.82, 2.24) is 20.4 Å². The van der Waals surface area contributed by atoms with Crippen molar-refractivity contribution in [2.45, 2.75) is 38.5 Å². The second kappa shape index (κ2) is 15.0. The van der Waals surface area contributed by atoms with E-state index in [1.165, 1.54) is 11.3 Å². The summed E-state index contributed by atoms with van der Waals surface area (Å²) in [4.78, 5) is 25.2. The number of rotatable bonds is 0. The van der Waals surface area contributed by atoms with Crippen LogP contribution in [0.25, 0.3) is 0 Å². The van der Waals surface area contributed by atoms with Gasteiger partial charge in [-0.1, -0.05) is 35.6 Å². The molecule has 2 aromatic heterocycles. The Morgan fingerprint density at radius 2 is 1.33 bits per heavy atom. The number of aryl methyl sites for hydroxylation is 2. The third-order valence-corrected chi connectivity index (χ3v) is 7.19. The van der Waals surface area contributed by atoms with Crippen molar-refractivity contribution < 1.29 is 23.8 Å². The Labute approximate surface area is 247 Å². The van der Waals surface area contributed by atoms with E-state index in [1.54, 1.807) is 6.07 Å². The SMILES string of the molecule is O=C1Cc2cccc(c2)OCCOCCOc2cccc(c2)CC(=O)Nc2nnc(s2)CCCCc2ccc(nn2)N1. The average Bonchev–Trinajstić information content (AvgIpc) is 3.42. The zero-order chi connectivity index (χ0) is 29.0. The van der Waals surface area contributed by atoms with Gasteiger partial charge < -0.3 is 24.8 Å². The highest BCUT2D eigenvalue weighted by molar-refractivity contribution is 7.15. The minimum atomic E-state index is -0.185. The standard InChI is InChI=1S/C30H32N6O5S/c37-27-19-21-5-3-8-24(17-21)40-15-13-39-14-16-41-25-9-4-6-22(18-25)20-28(38)32-30-36-35-29(42-30)10-2-1-7-23-11-12-26(31-27)34-33-23/h3-6,8-9,11-12,17-18H,1-2,7,10,13-16,19-20H2,(H,31,34,37)(H,32,36,38). The van der Waals surface area contributed by atoms with Crippen LogP contribution in [0.4, 0.5) is 10.9 Å². The molecule has 218 valence electrons. The van der Waals surface area contributed by atoms with E-state index in [0.29, 0.717) is 48.9 Å². The van der Waals surface area contributed by atoms with Gasteiger partial charge in [-0.05, 0) is 66.8 Å². The van der Waals surface area contributed by atoms with Gasteiger partial charge in [-0.3, -0.25) is 9.59 Å². The van der Waals surface area contributed by atoms with Crippen LogP contribution in [0.3, 0.4) is 0 Å². The van der Waals surface area contributed by atoms with E-state index in [2.05, 4.69) is 31.0 Å². The Balaban J connectivity index is 1.21. The summed E-state index contributed by atoms with van der Waals surface area (Å²) >= 11 is 1.38. The number of nitrogens with one attached hydrogen (secondary N) is 2. The third kappa shape index (κ3) is 9.32. The number of ether oxygens (including phenoxy) is 3. The van der Waals surface area contributed by atoms with Crippen LogP contribution >= 0.6 is 11.3 Å². The second-order valence-electron chi connectivity index (χ2n) is 9.67. The molecule has 2 aromatic carbocycles. The summed E-state index contributed by atoms with van der Waals surface area (Å²) in [7, 11) is 0. The molecule has 0 saturated carbocycles. The number of hydrogen-bond acceptors (Lipinski definition) is 10. The quantitative estimate of drug-likeness (QED) is 0.292. The van der Waals surface area contributed by atoms with E-state index < -0.39 is 0 Å². The Bertz CT molecular complexity index is 1480. The van der Waals surface area contributed by atoms with Gasteiger partial charge in [0.25, 0.3) is 0 Å². The topological polar surface area (TPSA) is 137 Å². The van der Waals surface area contributed by atoms with Crippen LogP contribution in [0.15, 0.2) is 60.7 Å².